The van der Waals surface area contributed by atoms with E-state index >= 15 is 0 Å². The Morgan fingerprint density at radius 3 is 2.65 bits per heavy atom. The number of carbonyl (C=O) groups is 2. The molecule has 0 unspecified atom stereocenters. The molecule has 0 saturated carbocycles. The van der Waals surface area contributed by atoms with E-state index in [1.54, 1.807) is 4.90 Å². The van der Waals surface area contributed by atoms with Crippen molar-refractivity contribution < 1.29 is 14.7 Å². The largest absolute Gasteiger partial charge is 0.379 e. The maximum Gasteiger partial charge on any atom is 0.255 e. The third-order valence-electron chi connectivity index (χ3n) is 4.49. The molecule has 0 spiro atoms. The van der Waals surface area contributed by atoms with E-state index in [9.17, 15) is 14.7 Å². The Hall–Kier alpha value is -1.92. The average molecular weight is 361 g/mol. The number of benzene rings is 1. The Morgan fingerprint density at radius 1 is 1.31 bits per heavy atom. The molecule has 0 bridgehead atoms. The summed E-state index contributed by atoms with van der Waals surface area (Å²) in [6, 6.07) is 7.55. The molecule has 1 saturated heterocycles. The van der Waals surface area contributed by atoms with E-state index in [0.29, 0.717) is 19.5 Å². The summed E-state index contributed by atoms with van der Waals surface area (Å²) in [6.45, 7) is 9.55. The Bertz CT molecular complexity index is 654. The molecule has 1 aliphatic heterocycles. The number of anilines is 1. The first-order valence-electron chi connectivity index (χ1n) is 9.19. The number of para-hydroxylation sites is 1. The van der Waals surface area contributed by atoms with E-state index in [2.05, 4.69) is 31.4 Å². The van der Waals surface area contributed by atoms with Crippen LogP contribution in [0.25, 0.3) is 0 Å². The van der Waals surface area contributed by atoms with Crippen LogP contribution in [0.1, 0.15) is 39.2 Å². The van der Waals surface area contributed by atoms with Crippen LogP contribution in [0.5, 0.6) is 0 Å². The van der Waals surface area contributed by atoms with Gasteiger partial charge in [-0.25, -0.2) is 0 Å². The number of rotatable bonds is 6. The molecule has 1 atom stereocenters. The second-order valence-electron chi connectivity index (χ2n) is 8.39. The number of aryl methyl sites for hydroxylation is 1. The molecule has 1 heterocycles. The van der Waals surface area contributed by atoms with E-state index < -0.39 is 5.60 Å². The summed E-state index contributed by atoms with van der Waals surface area (Å²) >= 11 is 0. The standard InChI is InChI=1S/C20H31N3O3/c1-15-8-5-6-9-16(15)22-17(24)12-21-13-20(26)10-7-11-23(18(20)25)14-19(2,3)4/h5-6,8-9,21,26H,7,10-14H2,1-4H3,(H,22,24)/t20-/m1/s1. The lowest BCUT2D eigenvalue weighted by Gasteiger charge is -2.40. The van der Waals surface area contributed by atoms with Gasteiger partial charge in [0, 0.05) is 25.3 Å². The van der Waals surface area contributed by atoms with E-state index in [1.807, 2.05) is 31.2 Å². The summed E-state index contributed by atoms with van der Waals surface area (Å²) in [5.74, 6) is -0.441. The first kappa shape index (κ1) is 20.4. The molecule has 26 heavy (non-hydrogen) atoms. The van der Waals surface area contributed by atoms with Crippen molar-refractivity contribution in [2.24, 2.45) is 5.41 Å². The summed E-state index contributed by atoms with van der Waals surface area (Å²) in [5, 5.41) is 16.5. The van der Waals surface area contributed by atoms with Gasteiger partial charge in [-0.3, -0.25) is 9.59 Å². The molecule has 6 nitrogen and oxygen atoms in total. The molecule has 0 radical (unpaired) electrons. The van der Waals surface area contributed by atoms with Crippen molar-refractivity contribution in [2.45, 2.75) is 46.1 Å². The van der Waals surface area contributed by atoms with Gasteiger partial charge in [-0.05, 0) is 36.8 Å². The van der Waals surface area contributed by atoms with E-state index in [0.717, 1.165) is 17.7 Å². The molecular weight excluding hydrogens is 330 g/mol. The molecule has 1 fully saturated rings. The average Bonchev–Trinajstić information content (AvgIpc) is 2.53. The lowest BCUT2D eigenvalue weighted by Crippen LogP contribution is -2.59. The number of nitrogens with zero attached hydrogens (tertiary/aromatic N) is 1. The Labute approximate surface area is 156 Å². The minimum atomic E-state index is -1.44. The zero-order valence-corrected chi connectivity index (χ0v) is 16.3. The smallest absolute Gasteiger partial charge is 0.255 e. The fourth-order valence-electron chi connectivity index (χ4n) is 3.24. The van der Waals surface area contributed by atoms with Gasteiger partial charge < -0.3 is 20.6 Å². The van der Waals surface area contributed by atoms with Crippen molar-refractivity contribution in [3.05, 3.63) is 29.8 Å². The zero-order chi connectivity index (χ0) is 19.4. The van der Waals surface area contributed by atoms with Gasteiger partial charge in [0.1, 0.15) is 0 Å². The molecule has 0 aliphatic carbocycles. The van der Waals surface area contributed by atoms with Gasteiger partial charge in [0.2, 0.25) is 5.91 Å². The Kier molecular flexibility index (Phi) is 6.42. The quantitative estimate of drug-likeness (QED) is 0.723. The normalized spacial score (nSPS) is 21.0. The molecular formula is C20H31N3O3. The SMILES string of the molecule is Cc1ccccc1NC(=O)CNC[C@]1(O)CCCN(CC(C)(C)C)C1=O. The number of nitrogens with one attached hydrogen (secondary N) is 2. The Morgan fingerprint density at radius 2 is 2.00 bits per heavy atom. The number of carbonyl (C=O) groups excluding carboxylic acids is 2. The van der Waals surface area contributed by atoms with Crippen LogP contribution in [0, 0.1) is 12.3 Å². The topological polar surface area (TPSA) is 81.7 Å². The minimum Gasteiger partial charge on any atom is -0.379 e. The monoisotopic (exact) mass is 361 g/mol. The number of hydrogen-bond acceptors (Lipinski definition) is 4. The van der Waals surface area contributed by atoms with Crippen LogP contribution in [0.4, 0.5) is 5.69 Å². The summed E-state index contributed by atoms with van der Waals surface area (Å²) in [5.41, 5.74) is 0.296. The van der Waals surface area contributed by atoms with Crippen molar-refractivity contribution in [1.82, 2.24) is 10.2 Å². The molecule has 2 amide bonds. The summed E-state index contributed by atoms with van der Waals surface area (Å²) in [7, 11) is 0. The summed E-state index contributed by atoms with van der Waals surface area (Å²) in [4.78, 5) is 26.5. The van der Waals surface area contributed by atoms with Crippen molar-refractivity contribution in [2.75, 3.05) is 31.5 Å². The fraction of sp³-hybridized carbons (Fsp3) is 0.600. The molecule has 144 valence electrons. The van der Waals surface area contributed by atoms with E-state index in [4.69, 9.17) is 0 Å². The summed E-state index contributed by atoms with van der Waals surface area (Å²) in [6.07, 6.45) is 1.17. The minimum absolute atomic E-state index is 0.0191. The van der Waals surface area contributed by atoms with Gasteiger partial charge >= 0.3 is 0 Å². The van der Waals surface area contributed by atoms with Crippen molar-refractivity contribution in [3.63, 3.8) is 0 Å². The lowest BCUT2D eigenvalue weighted by atomic mass is 9.88. The second kappa shape index (κ2) is 8.18. The van der Waals surface area contributed by atoms with Crippen molar-refractivity contribution in [1.29, 1.82) is 0 Å². The third kappa shape index (κ3) is 5.54. The van der Waals surface area contributed by atoms with Crippen LogP contribution in [-0.4, -0.2) is 53.6 Å². The van der Waals surface area contributed by atoms with E-state index in [-0.39, 0.29) is 30.3 Å². The highest BCUT2D eigenvalue weighted by atomic mass is 16.3. The van der Waals surface area contributed by atoms with Gasteiger partial charge in [0.25, 0.3) is 5.91 Å². The van der Waals surface area contributed by atoms with Crippen LogP contribution < -0.4 is 10.6 Å². The van der Waals surface area contributed by atoms with E-state index in [1.165, 1.54) is 0 Å². The molecule has 1 aromatic rings. The van der Waals surface area contributed by atoms with Gasteiger partial charge in [0.15, 0.2) is 5.60 Å². The van der Waals surface area contributed by atoms with Gasteiger partial charge in [-0.2, -0.15) is 0 Å². The second-order valence-corrected chi connectivity index (χ2v) is 8.39. The molecule has 3 N–H and O–H groups in total. The van der Waals surface area contributed by atoms with Crippen LogP contribution >= 0.6 is 0 Å². The van der Waals surface area contributed by atoms with Gasteiger partial charge in [-0.1, -0.05) is 39.0 Å². The summed E-state index contributed by atoms with van der Waals surface area (Å²) < 4.78 is 0. The molecule has 6 heteroatoms. The van der Waals surface area contributed by atoms with Crippen LogP contribution in [-0.2, 0) is 9.59 Å². The zero-order valence-electron chi connectivity index (χ0n) is 16.3. The molecule has 2 rings (SSSR count). The number of likely N-dealkylation sites (tertiary alicyclic amines) is 1. The molecule has 0 aromatic heterocycles. The van der Waals surface area contributed by atoms with Crippen LogP contribution in [0.15, 0.2) is 24.3 Å². The highest BCUT2D eigenvalue weighted by Crippen LogP contribution is 2.25. The number of piperidine rings is 1. The predicted octanol–water partition coefficient (Wildman–Crippen LogP) is 1.92. The fourth-order valence-corrected chi connectivity index (χ4v) is 3.24. The van der Waals surface area contributed by atoms with Crippen LogP contribution in [0.2, 0.25) is 0 Å². The lowest BCUT2D eigenvalue weighted by molar-refractivity contribution is -0.158. The maximum atomic E-state index is 12.7. The van der Waals surface area contributed by atoms with Crippen LogP contribution in [0.3, 0.4) is 0 Å². The highest BCUT2D eigenvalue weighted by Gasteiger charge is 2.42. The van der Waals surface area contributed by atoms with Crippen molar-refractivity contribution in [3.8, 4) is 0 Å². The first-order chi connectivity index (χ1) is 12.1. The maximum absolute atomic E-state index is 12.7. The number of amides is 2. The number of aliphatic hydroxyl groups is 1. The van der Waals surface area contributed by atoms with Crippen molar-refractivity contribution >= 4 is 17.5 Å². The Balaban J connectivity index is 1.86. The first-order valence-corrected chi connectivity index (χ1v) is 9.19. The number of hydrogen-bond donors (Lipinski definition) is 3. The highest BCUT2D eigenvalue weighted by molar-refractivity contribution is 5.93. The predicted molar refractivity (Wildman–Crippen MR) is 103 cm³/mol. The van der Waals surface area contributed by atoms with Gasteiger partial charge in [-0.15, -0.1) is 0 Å². The molecule has 1 aliphatic rings. The third-order valence-corrected chi connectivity index (χ3v) is 4.49. The molecule has 1 aromatic carbocycles. The van der Waals surface area contributed by atoms with Gasteiger partial charge in [0.05, 0.1) is 6.54 Å².